The van der Waals surface area contributed by atoms with Crippen molar-refractivity contribution < 1.29 is 14.9 Å². The Balaban J connectivity index is 2.52. The molecule has 1 aliphatic heterocycles. The molecule has 0 bridgehead atoms. The number of nitrogens with one attached hydrogen (secondary N) is 1. The lowest BCUT2D eigenvalue weighted by atomic mass is 9.99. The summed E-state index contributed by atoms with van der Waals surface area (Å²) >= 11 is 6.12. The zero-order valence-electron chi connectivity index (χ0n) is 9.62. The first-order valence-electron chi connectivity index (χ1n) is 5.36. The van der Waals surface area contributed by atoms with Crippen LogP contribution in [0.2, 0.25) is 0 Å². The van der Waals surface area contributed by atoms with Gasteiger partial charge in [0.1, 0.15) is 12.2 Å². The van der Waals surface area contributed by atoms with Crippen molar-refractivity contribution in [2.24, 2.45) is 0 Å². The van der Waals surface area contributed by atoms with Gasteiger partial charge in [-0.1, -0.05) is 17.5 Å². The summed E-state index contributed by atoms with van der Waals surface area (Å²) in [5, 5.41) is 19.0. The molecular weight excluding hydrogens is 276 g/mol. The number of aliphatic hydroxyl groups is 2. The van der Waals surface area contributed by atoms with Crippen molar-refractivity contribution >= 4 is 11.6 Å². The summed E-state index contributed by atoms with van der Waals surface area (Å²) in [7, 11) is 0. The van der Waals surface area contributed by atoms with Crippen molar-refractivity contribution in [3.8, 4) is 12.3 Å². The average molecular weight is 287 g/mol. The van der Waals surface area contributed by atoms with Gasteiger partial charge in [-0.2, -0.15) is 0 Å². The van der Waals surface area contributed by atoms with Crippen molar-refractivity contribution in [2.75, 3.05) is 6.61 Å². The lowest BCUT2D eigenvalue weighted by Crippen LogP contribution is -2.44. The number of rotatable bonds is 2. The molecule has 0 spiro atoms. The first-order chi connectivity index (χ1) is 8.93. The van der Waals surface area contributed by atoms with Gasteiger partial charge in [0.15, 0.2) is 11.1 Å². The van der Waals surface area contributed by atoms with Gasteiger partial charge >= 0.3 is 5.69 Å². The maximum Gasteiger partial charge on any atom is 0.330 e. The zero-order chi connectivity index (χ0) is 14.2. The molecule has 3 N–H and O–H groups in total. The second-order valence-corrected chi connectivity index (χ2v) is 4.71. The van der Waals surface area contributed by atoms with Gasteiger partial charge in [-0.05, 0) is 0 Å². The summed E-state index contributed by atoms with van der Waals surface area (Å²) in [4.78, 5) is 23.0. The minimum atomic E-state index is -1.71. The van der Waals surface area contributed by atoms with Crippen molar-refractivity contribution in [3.05, 3.63) is 33.1 Å². The van der Waals surface area contributed by atoms with Crippen molar-refractivity contribution in [1.82, 2.24) is 9.55 Å². The molecule has 4 atom stereocenters. The molecule has 0 amide bonds. The Morgan fingerprint density at radius 3 is 2.84 bits per heavy atom. The van der Waals surface area contributed by atoms with E-state index in [0.717, 1.165) is 16.8 Å². The fourth-order valence-corrected chi connectivity index (χ4v) is 2.23. The van der Waals surface area contributed by atoms with Crippen LogP contribution in [-0.2, 0) is 4.74 Å². The zero-order valence-corrected chi connectivity index (χ0v) is 10.4. The smallest absolute Gasteiger partial charge is 0.330 e. The summed E-state index contributed by atoms with van der Waals surface area (Å²) in [5.74, 6) is 2.17. The second-order valence-electron chi connectivity index (χ2n) is 4.08. The largest absolute Gasteiger partial charge is 0.394 e. The number of hydrogen-bond acceptors (Lipinski definition) is 5. The number of aromatic amines is 1. The number of H-pyrrole nitrogens is 1. The van der Waals surface area contributed by atoms with E-state index in [0.29, 0.717) is 0 Å². The monoisotopic (exact) mass is 286 g/mol. The van der Waals surface area contributed by atoms with Gasteiger partial charge in [0.05, 0.1) is 6.61 Å². The molecule has 2 rings (SSSR count). The second kappa shape index (κ2) is 4.83. The van der Waals surface area contributed by atoms with Gasteiger partial charge in [0.25, 0.3) is 5.56 Å². The molecule has 102 valence electrons. The fraction of sp³-hybridized carbons (Fsp3) is 0.455. The van der Waals surface area contributed by atoms with Gasteiger partial charge < -0.3 is 14.9 Å². The SMILES string of the molecule is C#CC1(Cl)[C@@H](O)[C@@H](CO)O[C@H]1n1ccc(=O)[nH]c1=O. The van der Waals surface area contributed by atoms with Crippen molar-refractivity contribution in [2.45, 2.75) is 23.3 Å². The van der Waals surface area contributed by atoms with Crippen LogP contribution in [0.15, 0.2) is 21.9 Å². The molecule has 7 nitrogen and oxygen atoms in total. The highest BCUT2D eigenvalue weighted by Gasteiger charge is 2.55. The Morgan fingerprint density at radius 2 is 2.32 bits per heavy atom. The third-order valence-corrected chi connectivity index (χ3v) is 3.47. The van der Waals surface area contributed by atoms with E-state index in [2.05, 4.69) is 5.92 Å². The van der Waals surface area contributed by atoms with E-state index in [9.17, 15) is 14.7 Å². The normalized spacial score (nSPS) is 34.1. The number of terminal acetylenes is 1. The van der Waals surface area contributed by atoms with Crippen LogP contribution in [0, 0.1) is 12.3 Å². The lowest BCUT2D eigenvalue weighted by molar-refractivity contribution is -0.0464. The maximum atomic E-state index is 11.7. The molecule has 0 aliphatic carbocycles. The molecule has 0 aromatic carbocycles. The molecule has 2 heterocycles. The molecule has 1 unspecified atom stereocenters. The minimum Gasteiger partial charge on any atom is -0.394 e. The maximum absolute atomic E-state index is 11.7. The summed E-state index contributed by atoms with van der Waals surface area (Å²) in [5.41, 5.74) is -1.36. The third kappa shape index (κ3) is 2.09. The highest BCUT2D eigenvalue weighted by Crippen LogP contribution is 2.42. The molecule has 1 aromatic heterocycles. The predicted molar refractivity (Wildman–Crippen MR) is 65.7 cm³/mol. The van der Waals surface area contributed by atoms with Crippen LogP contribution in [0.4, 0.5) is 0 Å². The van der Waals surface area contributed by atoms with E-state index in [1.807, 2.05) is 4.98 Å². The summed E-state index contributed by atoms with van der Waals surface area (Å²) in [6, 6.07) is 1.09. The number of hydrogen-bond donors (Lipinski definition) is 3. The van der Waals surface area contributed by atoms with E-state index >= 15 is 0 Å². The Labute approximate surface area is 112 Å². The number of halogens is 1. The minimum absolute atomic E-state index is 0.508. The van der Waals surface area contributed by atoms with Crippen LogP contribution in [0.5, 0.6) is 0 Å². The highest BCUT2D eigenvalue weighted by atomic mass is 35.5. The van der Waals surface area contributed by atoms with E-state index in [1.165, 1.54) is 0 Å². The summed E-state index contributed by atoms with van der Waals surface area (Å²) in [6.07, 6.45) is 2.88. The topological polar surface area (TPSA) is 105 Å². The molecule has 0 saturated carbocycles. The molecule has 1 saturated heterocycles. The number of aliphatic hydroxyl groups excluding tert-OH is 2. The van der Waals surface area contributed by atoms with Gasteiger partial charge in [-0.3, -0.25) is 14.3 Å². The molecule has 1 aliphatic rings. The van der Waals surface area contributed by atoms with Gasteiger partial charge in [0, 0.05) is 12.3 Å². The summed E-state index contributed by atoms with van der Waals surface area (Å²) in [6.45, 7) is -0.508. The van der Waals surface area contributed by atoms with Crippen LogP contribution in [0.25, 0.3) is 0 Å². The van der Waals surface area contributed by atoms with E-state index < -0.39 is 41.2 Å². The molecule has 1 fully saturated rings. The predicted octanol–water partition coefficient (Wildman–Crippen LogP) is -1.60. The Morgan fingerprint density at radius 1 is 1.63 bits per heavy atom. The number of aromatic nitrogens is 2. The first-order valence-corrected chi connectivity index (χ1v) is 5.74. The molecule has 1 aromatic rings. The van der Waals surface area contributed by atoms with Crippen LogP contribution in [0.3, 0.4) is 0 Å². The molecule has 0 radical (unpaired) electrons. The number of nitrogens with zero attached hydrogens (tertiary/aromatic N) is 1. The molecular formula is C11H11ClN2O5. The third-order valence-electron chi connectivity index (χ3n) is 2.95. The first kappa shape index (κ1) is 13.8. The van der Waals surface area contributed by atoms with Crippen LogP contribution in [0.1, 0.15) is 6.23 Å². The Bertz CT molecular complexity index is 633. The van der Waals surface area contributed by atoms with Crippen molar-refractivity contribution in [1.29, 1.82) is 0 Å². The Hall–Kier alpha value is -1.59. The lowest BCUT2D eigenvalue weighted by Gasteiger charge is -2.25. The van der Waals surface area contributed by atoms with Crippen LogP contribution >= 0.6 is 11.6 Å². The van der Waals surface area contributed by atoms with E-state index in [4.69, 9.17) is 27.9 Å². The average Bonchev–Trinajstić information content (AvgIpc) is 2.63. The number of ether oxygens (including phenoxy) is 1. The quantitative estimate of drug-likeness (QED) is 0.449. The molecule has 19 heavy (non-hydrogen) atoms. The van der Waals surface area contributed by atoms with Gasteiger partial charge in [-0.15, -0.1) is 6.42 Å². The molecule has 8 heteroatoms. The van der Waals surface area contributed by atoms with E-state index in [1.54, 1.807) is 0 Å². The summed E-state index contributed by atoms with van der Waals surface area (Å²) < 4.78 is 6.27. The van der Waals surface area contributed by atoms with E-state index in [-0.39, 0.29) is 0 Å². The standard InChI is InChI=1S/C11H11ClN2O5/c1-2-11(12)8(17)6(5-15)19-9(11)14-4-3-7(16)13-10(14)18/h1,3-4,6,8-9,15,17H,5H2,(H,13,16,18)/t6-,8+,9-,11?/m1/s1. The Kier molecular flexibility index (Phi) is 3.52. The highest BCUT2D eigenvalue weighted by molar-refractivity contribution is 6.27. The van der Waals surface area contributed by atoms with Gasteiger partial charge in [-0.25, -0.2) is 4.79 Å². The fourth-order valence-electron chi connectivity index (χ4n) is 1.94. The van der Waals surface area contributed by atoms with Gasteiger partial charge in [0.2, 0.25) is 0 Å². The van der Waals surface area contributed by atoms with Crippen LogP contribution < -0.4 is 11.2 Å². The van der Waals surface area contributed by atoms with Crippen molar-refractivity contribution in [3.63, 3.8) is 0 Å². The van der Waals surface area contributed by atoms with Crippen LogP contribution in [-0.4, -0.2) is 43.5 Å². The number of alkyl halides is 1.